The molecule has 1 N–H and O–H groups in total. The van der Waals surface area contributed by atoms with Crippen molar-refractivity contribution in [1.82, 2.24) is 10.3 Å². The van der Waals surface area contributed by atoms with Crippen LogP contribution in [0.4, 0.5) is 0 Å². The molecule has 0 saturated heterocycles. The van der Waals surface area contributed by atoms with Crippen LogP contribution in [0.3, 0.4) is 0 Å². The van der Waals surface area contributed by atoms with Crippen molar-refractivity contribution in [2.24, 2.45) is 0 Å². The highest BCUT2D eigenvalue weighted by Gasteiger charge is 2.01. The van der Waals surface area contributed by atoms with Crippen LogP contribution in [0.15, 0.2) is 42.7 Å². The van der Waals surface area contributed by atoms with Gasteiger partial charge in [0.1, 0.15) is 0 Å². The van der Waals surface area contributed by atoms with Gasteiger partial charge < -0.3 is 10.1 Å². The van der Waals surface area contributed by atoms with Crippen LogP contribution in [0.1, 0.15) is 18.1 Å². The molecule has 3 nitrogen and oxygen atoms in total. The van der Waals surface area contributed by atoms with Crippen molar-refractivity contribution in [1.29, 1.82) is 0 Å². The lowest BCUT2D eigenvalue weighted by Gasteiger charge is -2.07. The van der Waals surface area contributed by atoms with E-state index in [1.54, 1.807) is 7.11 Å². The van der Waals surface area contributed by atoms with Gasteiger partial charge in [0.2, 0.25) is 0 Å². The topological polar surface area (TPSA) is 34.2 Å². The highest BCUT2D eigenvalue weighted by molar-refractivity contribution is 5.63. The maximum atomic E-state index is 5.10. The summed E-state index contributed by atoms with van der Waals surface area (Å²) in [5.41, 5.74) is 4.89. The number of methoxy groups -OCH3 is 1. The van der Waals surface area contributed by atoms with Crippen LogP contribution in [0.2, 0.25) is 0 Å². The summed E-state index contributed by atoms with van der Waals surface area (Å²) in [7, 11) is 1.73. The zero-order valence-corrected chi connectivity index (χ0v) is 12.2. The summed E-state index contributed by atoms with van der Waals surface area (Å²) >= 11 is 0. The third-order valence-corrected chi connectivity index (χ3v) is 3.26. The van der Waals surface area contributed by atoms with E-state index in [2.05, 4.69) is 47.6 Å². The minimum Gasteiger partial charge on any atom is -0.384 e. The molecule has 0 unspecified atom stereocenters. The second-order valence-electron chi connectivity index (χ2n) is 4.80. The molecule has 0 saturated carbocycles. The Morgan fingerprint density at radius 1 is 1.05 bits per heavy atom. The minimum atomic E-state index is 0.763. The summed E-state index contributed by atoms with van der Waals surface area (Å²) in [5, 5.41) is 3.32. The van der Waals surface area contributed by atoms with Gasteiger partial charge >= 0.3 is 0 Å². The van der Waals surface area contributed by atoms with Crippen molar-refractivity contribution in [2.45, 2.75) is 19.9 Å². The zero-order chi connectivity index (χ0) is 14.2. The fourth-order valence-corrected chi connectivity index (χ4v) is 2.10. The van der Waals surface area contributed by atoms with Gasteiger partial charge in [0.05, 0.1) is 6.61 Å². The van der Waals surface area contributed by atoms with Crippen molar-refractivity contribution in [3.63, 3.8) is 0 Å². The van der Waals surface area contributed by atoms with Gasteiger partial charge in [0.25, 0.3) is 0 Å². The van der Waals surface area contributed by atoms with Crippen LogP contribution < -0.4 is 5.32 Å². The van der Waals surface area contributed by atoms with E-state index >= 15 is 0 Å². The number of rotatable bonds is 7. The average molecular weight is 270 g/mol. The second kappa shape index (κ2) is 7.78. The average Bonchev–Trinajstić information content (AvgIpc) is 2.52. The fraction of sp³-hybridized carbons (Fsp3) is 0.353. The smallest absolute Gasteiger partial charge is 0.0502 e. The van der Waals surface area contributed by atoms with Crippen LogP contribution >= 0.6 is 0 Å². The van der Waals surface area contributed by atoms with E-state index in [-0.39, 0.29) is 0 Å². The molecule has 2 aromatic rings. The van der Waals surface area contributed by atoms with Crippen molar-refractivity contribution >= 4 is 0 Å². The summed E-state index contributed by atoms with van der Waals surface area (Å²) in [6.45, 7) is 4.71. The molecule has 0 aliphatic carbocycles. The maximum absolute atomic E-state index is 5.10. The molecular weight excluding hydrogens is 248 g/mol. The molecule has 1 aromatic heterocycles. The highest BCUT2D eigenvalue weighted by Crippen LogP contribution is 2.20. The van der Waals surface area contributed by atoms with Gasteiger partial charge in [0, 0.05) is 31.6 Å². The number of benzene rings is 1. The zero-order valence-electron chi connectivity index (χ0n) is 12.2. The van der Waals surface area contributed by atoms with E-state index in [1.807, 2.05) is 12.4 Å². The van der Waals surface area contributed by atoms with Crippen molar-refractivity contribution in [3.05, 3.63) is 53.9 Å². The third kappa shape index (κ3) is 4.15. The van der Waals surface area contributed by atoms with Gasteiger partial charge in [-0.15, -0.1) is 0 Å². The van der Waals surface area contributed by atoms with Gasteiger partial charge in [-0.3, -0.25) is 4.98 Å². The summed E-state index contributed by atoms with van der Waals surface area (Å²) in [6.07, 6.45) is 4.79. The molecule has 2 rings (SSSR count). The molecule has 0 aliphatic rings. The molecule has 1 aromatic carbocycles. The van der Waals surface area contributed by atoms with E-state index in [0.717, 1.165) is 26.1 Å². The number of hydrogen-bond donors (Lipinski definition) is 1. The van der Waals surface area contributed by atoms with Crippen LogP contribution in [0, 0.1) is 0 Å². The molecule has 0 amide bonds. The Bertz CT molecular complexity index is 523. The largest absolute Gasteiger partial charge is 0.384 e. The lowest BCUT2D eigenvalue weighted by Crippen LogP contribution is -2.11. The molecule has 0 radical (unpaired) electrons. The number of nitrogens with one attached hydrogen (secondary N) is 1. The SMILES string of the molecule is CCNCc1cncc(-c2ccc(CCOC)cc2)c1. The maximum Gasteiger partial charge on any atom is 0.0502 e. The van der Waals surface area contributed by atoms with Gasteiger partial charge in [-0.2, -0.15) is 0 Å². The molecule has 3 heteroatoms. The molecular formula is C17H22N2O. The quantitative estimate of drug-likeness (QED) is 0.839. The summed E-state index contributed by atoms with van der Waals surface area (Å²) < 4.78 is 5.10. The summed E-state index contributed by atoms with van der Waals surface area (Å²) in [5.74, 6) is 0. The summed E-state index contributed by atoms with van der Waals surface area (Å²) in [4.78, 5) is 4.33. The van der Waals surface area contributed by atoms with E-state index in [9.17, 15) is 0 Å². The predicted octanol–water partition coefficient (Wildman–Crippen LogP) is 3.05. The summed E-state index contributed by atoms with van der Waals surface area (Å²) in [6, 6.07) is 10.8. The van der Waals surface area contributed by atoms with Crippen molar-refractivity contribution in [3.8, 4) is 11.1 Å². The Morgan fingerprint density at radius 2 is 1.85 bits per heavy atom. The standard InChI is InChI=1S/C17H22N2O/c1-3-18-11-15-10-17(13-19-12-15)16-6-4-14(5-7-16)8-9-20-2/h4-7,10,12-13,18H,3,8-9,11H2,1-2H3. The Hall–Kier alpha value is -1.71. The number of hydrogen-bond acceptors (Lipinski definition) is 3. The van der Waals surface area contributed by atoms with E-state index in [1.165, 1.54) is 22.3 Å². The van der Waals surface area contributed by atoms with Crippen LogP contribution in [0.5, 0.6) is 0 Å². The first-order chi connectivity index (χ1) is 9.83. The number of ether oxygens (including phenoxy) is 1. The van der Waals surface area contributed by atoms with Gasteiger partial charge in [-0.25, -0.2) is 0 Å². The first-order valence-electron chi connectivity index (χ1n) is 7.06. The molecule has 0 spiro atoms. The number of pyridine rings is 1. The lowest BCUT2D eigenvalue weighted by molar-refractivity contribution is 0.202. The molecule has 0 fully saturated rings. The Labute approximate surface area is 121 Å². The highest BCUT2D eigenvalue weighted by atomic mass is 16.5. The first-order valence-corrected chi connectivity index (χ1v) is 7.06. The Morgan fingerprint density at radius 3 is 2.55 bits per heavy atom. The fourth-order valence-electron chi connectivity index (χ4n) is 2.10. The van der Waals surface area contributed by atoms with E-state index < -0.39 is 0 Å². The normalized spacial score (nSPS) is 10.7. The first kappa shape index (κ1) is 14.7. The Kier molecular flexibility index (Phi) is 5.71. The molecule has 106 valence electrons. The molecule has 20 heavy (non-hydrogen) atoms. The number of nitrogens with zero attached hydrogens (tertiary/aromatic N) is 1. The van der Waals surface area contributed by atoms with Crippen LogP contribution in [-0.2, 0) is 17.7 Å². The predicted molar refractivity (Wildman–Crippen MR) is 82.6 cm³/mol. The molecule has 0 atom stereocenters. The molecule has 0 bridgehead atoms. The van der Waals surface area contributed by atoms with Gasteiger partial charge in [-0.05, 0) is 35.7 Å². The van der Waals surface area contributed by atoms with Crippen LogP contribution in [0.25, 0.3) is 11.1 Å². The minimum absolute atomic E-state index is 0.763. The number of aromatic nitrogens is 1. The van der Waals surface area contributed by atoms with Crippen molar-refractivity contribution in [2.75, 3.05) is 20.3 Å². The van der Waals surface area contributed by atoms with E-state index in [4.69, 9.17) is 4.74 Å². The molecule has 0 aliphatic heterocycles. The van der Waals surface area contributed by atoms with Gasteiger partial charge in [-0.1, -0.05) is 31.2 Å². The second-order valence-corrected chi connectivity index (χ2v) is 4.80. The molecule has 1 heterocycles. The van der Waals surface area contributed by atoms with E-state index in [0.29, 0.717) is 0 Å². The monoisotopic (exact) mass is 270 g/mol. The Balaban J connectivity index is 2.10. The van der Waals surface area contributed by atoms with Crippen LogP contribution in [-0.4, -0.2) is 25.2 Å². The van der Waals surface area contributed by atoms with Gasteiger partial charge in [0.15, 0.2) is 0 Å². The van der Waals surface area contributed by atoms with Crippen molar-refractivity contribution < 1.29 is 4.74 Å². The third-order valence-electron chi connectivity index (χ3n) is 3.26. The lowest BCUT2D eigenvalue weighted by atomic mass is 10.0.